The highest BCUT2D eigenvalue weighted by atomic mass is 19.3. The monoisotopic (exact) mass is 227 g/mol. The average molecular weight is 227 g/mol. The maximum atomic E-state index is 11.9. The number of hydrogen-bond acceptors (Lipinski definition) is 2. The van der Waals surface area contributed by atoms with Crippen molar-refractivity contribution in [3.63, 3.8) is 0 Å². The molecule has 1 aliphatic rings. The summed E-state index contributed by atoms with van der Waals surface area (Å²) < 4.78 is 28.0. The molecule has 16 heavy (non-hydrogen) atoms. The fraction of sp³-hybridized carbons (Fsp3) is 0.500. The van der Waals surface area contributed by atoms with Gasteiger partial charge in [0.2, 0.25) is 0 Å². The third kappa shape index (κ3) is 3.77. The highest BCUT2D eigenvalue weighted by molar-refractivity contribution is 5.27. The Morgan fingerprint density at radius 2 is 1.94 bits per heavy atom. The van der Waals surface area contributed by atoms with Crippen LogP contribution in [0, 0.1) is 5.92 Å². The van der Waals surface area contributed by atoms with Crippen LogP contribution < -0.4 is 10.1 Å². The number of rotatable bonds is 6. The van der Waals surface area contributed by atoms with Crippen molar-refractivity contribution in [3.05, 3.63) is 29.8 Å². The normalized spacial score (nSPS) is 15.4. The van der Waals surface area contributed by atoms with Gasteiger partial charge in [-0.1, -0.05) is 12.1 Å². The Morgan fingerprint density at radius 3 is 2.50 bits per heavy atom. The zero-order valence-corrected chi connectivity index (χ0v) is 8.96. The fourth-order valence-corrected chi connectivity index (χ4v) is 1.53. The number of benzene rings is 1. The predicted molar refractivity (Wildman–Crippen MR) is 57.5 cm³/mol. The first-order chi connectivity index (χ1) is 7.74. The number of hydrogen-bond donors (Lipinski definition) is 1. The van der Waals surface area contributed by atoms with E-state index in [2.05, 4.69) is 10.1 Å². The molecule has 2 rings (SSSR count). The standard InChI is InChI=1S/C12H15F2NO/c13-12(14)16-11-5-3-10(4-6-11)8-15-7-9-1-2-9/h3-6,9,12,15H,1-2,7-8H2. The van der Waals surface area contributed by atoms with Crippen LogP contribution in [-0.4, -0.2) is 13.2 Å². The Labute approximate surface area is 93.6 Å². The molecule has 0 heterocycles. The van der Waals surface area contributed by atoms with Crippen LogP contribution in [0.3, 0.4) is 0 Å². The van der Waals surface area contributed by atoms with Crippen molar-refractivity contribution in [3.8, 4) is 5.75 Å². The molecule has 0 amide bonds. The summed E-state index contributed by atoms with van der Waals surface area (Å²) in [5.74, 6) is 1.06. The quantitative estimate of drug-likeness (QED) is 0.806. The van der Waals surface area contributed by atoms with E-state index < -0.39 is 6.61 Å². The van der Waals surface area contributed by atoms with Crippen molar-refractivity contribution in [1.82, 2.24) is 5.32 Å². The van der Waals surface area contributed by atoms with Crippen LogP contribution in [-0.2, 0) is 6.54 Å². The summed E-state index contributed by atoms with van der Waals surface area (Å²) in [7, 11) is 0. The van der Waals surface area contributed by atoms with Gasteiger partial charge in [0, 0.05) is 6.54 Å². The second-order valence-electron chi connectivity index (χ2n) is 4.10. The lowest BCUT2D eigenvalue weighted by Gasteiger charge is -2.06. The van der Waals surface area contributed by atoms with Gasteiger partial charge in [-0.15, -0.1) is 0 Å². The predicted octanol–water partition coefficient (Wildman–Crippen LogP) is 2.79. The van der Waals surface area contributed by atoms with Crippen LogP contribution in [0.1, 0.15) is 18.4 Å². The Hall–Kier alpha value is -1.16. The third-order valence-electron chi connectivity index (χ3n) is 2.61. The van der Waals surface area contributed by atoms with Gasteiger partial charge >= 0.3 is 6.61 Å². The van der Waals surface area contributed by atoms with Crippen LogP contribution in [0.25, 0.3) is 0 Å². The van der Waals surface area contributed by atoms with Crippen LogP contribution >= 0.6 is 0 Å². The minimum Gasteiger partial charge on any atom is -0.435 e. The van der Waals surface area contributed by atoms with Crippen molar-refractivity contribution >= 4 is 0 Å². The Kier molecular flexibility index (Phi) is 3.72. The van der Waals surface area contributed by atoms with Gasteiger partial charge in [0.1, 0.15) is 5.75 Å². The first kappa shape index (κ1) is 11.3. The molecule has 0 unspecified atom stereocenters. The average Bonchev–Trinajstić information content (AvgIpc) is 3.04. The third-order valence-corrected chi connectivity index (χ3v) is 2.61. The van der Waals surface area contributed by atoms with E-state index >= 15 is 0 Å². The second kappa shape index (κ2) is 5.25. The van der Waals surface area contributed by atoms with E-state index in [-0.39, 0.29) is 5.75 Å². The summed E-state index contributed by atoms with van der Waals surface area (Å²) in [6.45, 7) is -0.917. The van der Waals surface area contributed by atoms with Gasteiger partial charge in [-0.3, -0.25) is 0 Å². The molecule has 1 fully saturated rings. The summed E-state index contributed by atoms with van der Waals surface area (Å²) in [6, 6.07) is 6.75. The smallest absolute Gasteiger partial charge is 0.387 e. The van der Waals surface area contributed by atoms with Crippen molar-refractivity contribution in [1.29, 1.82) is 0 Å². The second-order valence-corrected chi connectivity index (χ2v) is 4.10. The molecule has 2 nitrogen and oxygen atoms in total. The molecule has 1 aliphatic carbocycles. The van der Waals surface area contributed by atoms with Gasteiger partial charge < -0.3 is 10.1 Å². The van der Waals surface area contributed by atoms with Gasteiger partial charge in [-0.05, 0) is 43.0 Å². The molecule has 0 aliphatic heterocycles. The van der Waals surface area contributed by atoms with Gasteiger partial charge in [0.25, 0.3) is 0 Å². The summed E-state index contributed by atoms with van der Waals surface area (Å²) in [6.07, 6.45) is 2.66. The molecule has 4 heteroatoms. The molecule has 0 spiro atoms. The molecule has 0 saturated heterocycles. The highest BCUT2D eigenvalue weighted by Gasteiger charge is 2.19. The SMILES string of the molecule is FC(F)Oc1ccc(CNCC2CC2)cc1. The first-order valence-electron chi connectivity index (χ1n) is 5.48. The van der Waals surface area contributed by atoms with Gasteiger partial charge in [-0.25, -0.2) is 0 Å². The minimum absolute atomic E-state index is 0.209. The van der Waals surface area contributed by atoms with Crippen LogP contribution in [0.5, 0.6) is 5.75 Å². The van der Waals surface area contributed by atoms with Crippen LogP contribution in [0.4, 0.5) is 8.78 Å². The van der Waals surface area contributed by atoms with E-state index in [4.69, 9.17) is 0 Å². The molecule has 0 atom stereocenters. The molecular weight excluding hydrogens is 212 g/mol. The molecule has 1 N–H and O–H groups in total. The molecular formula is C12H15F2NO. The Morgan fingerprint density at radius 1 is 1.25 bits per heavy atom. The zero-order chi connectivity index (χ0) is 11.4. The topological polar surface area (TPSA) is 21.3 Å². The molecule has 1 saturated carbocycles. The molecule has 0 bridgehead atoms. The van der Waals surface area contributed by atoms with Gasteiger partial charge in [0.15, 0.2) is 0 Å². The zero-order valence-electron chi connectivity index (χ0n) is 8.96. The largest absolute Gasteiger partial charge is 0.435 e. The maximum absolute atomic E-state index is 11.9. The van der Waals surface area contributed by atoms with E-state index in [1.165, 1.54) is 12.8 Å². The van der Waals surface area contributed by atoms with E-state index in [1.54, 1.807) is 24.3 Å². The van der Waals surface area contributed by atoms with Crippen molar-refractivity contribution in [2.45, 2.75) is 26.0 Å². The number of halogens is 2. The summed E-state index contributed by atoms with van der Waals surface area (Å²) in [5.41, 5.74) is 1.09. The Balaban J connectivity index is 1.76. The molecule has 88 valence electrons. The van der Waals surface area contributed by atoms with E-state index in [9.17, 15) is 8.78 Å². The van der Waals surface area contributed by atoms with E-state index in [0.717, 1.165) is 24.6 Å². The molecule has 0 radical (unpaired) electrons. The van der Waals surface area contributed by atoms with E-state index in [1.807, 2.05) is 0 Å². The van der Waals surface area contributed by atoms with Crippen LogP contribution in [0.15, 0.2) is 24.3 Å². The number of nitrogens with one attached hydrogen (secondary N) is 1. The lowest BCUT2D eigenvalue weighted by atomic mass is 10.2. The molecule has 1 aromatic carbocycles. The summed E-state index contributed by atoms with van der Waals surface area (Å²) in [4.78, 5) is 0. The molecule has 0 aromatic heterocycles. The van der Waals surface area contributed by atoms with Crippen LogP contribution in [0.2, 0.25) is 0 Å². The van der Waals surface area contributed by atoms with Crippen molar-refractivity contribution in [2.75, 3.05) is 6.54 Å². The number of alkyl halides is 2. The minimum atomic E-state index is -2.75. The lowest BCUT2D eigenvalue weighted by molar-refractivity contribution is -0.0498. The van der Waals surface area contributed by atoms with Crippen molar-refractivity contribution in [2.24, 2.45) is 5.92 Å². The van der Waals surface area contributed by atoms with Crippen molar-refractivity contribution < 1.29 is 13.5 Å². The van der Waals surface area contributed by atoms with Gasteiger partial charge in [-0.2, -0.15) is 8.78 Å². The molecule has 1 aromatic rings. The fourth-order valence-electron chi connectivity index (χ4n) is 1.53. The van der Waals surface area contributed by atoms with E-state index in [0.29, 0.717) is 0 Å². The summed E-state index contributed by atoms with van der Waals surface area (Å²) in [5, 5.41) is 3.33. The highest BCUT2D eigenvalue weighted by Crippen LogP contribution is 2.27. The summed E-state index contributed by atoms with van der Waals surface area (Å²) >= 11 is 0. The maximum Gasteiger partial charge on any atom is 0.387 e. The van der Waals surface area contributed by atoms with Gasteiger partial charge in [0.05, 0.1) is 0 Å². The lowest BCUT2D eigenvalue weighted by Crippen LogP contribution is -2.15. The Bertz CT molecular complexity index is 322. The number of ether oxygens (including phenoxy) is 1. The first-order valence-corrected chi connectivity index (χ1v) is 5.48.